The van der Waals surface area contributed by atoms with E-state index in [4.69, 9.17) is 20.2 Å². The van der Waals surface area contributed by atoms with Gasteiger partial charge in [-0.3, -0.25) is 0 Å². The van der Waals surface area contributed by atoms with E-state index in [9.17, 15) is 0 Å². The molecule has 0 rings (SSSR count). The average molecular weight is 164 g/mol. The number of hydrogen-bond donors (Lipinski definition) is 0. The molecule has 6 nitrogen and oxygen atoms in total. The van der Waals surface area contributed by atoms with Crippen molar-refractivity contribution in [2.45, 2.75) is 0 Å². The molecule has 0 aliphatic heterocycles. The molecular weight excluding hydrogens is 160 g/mol. The van der Waals surface area contributed by atoms with Crippen molar-refractivity contribution < 1.29 is 0 Å². The fraction of sp³-hybridized carbons (Fsp3) is 0. The second-order valence-electron chi connectivity index (χ2n) is 0.149. The third-order valence-electron chi connectivity index (χ3n) is 0. The first kappa shape index (κ1) is 24.0. The third kappa shape index (κ3) is 2280. The van der Waals surface area contributed by atoms with Crippen LogP contribution in [0.2, 0.25) is 0 Å². The van der Waals surface area contributed by atoms with E-state index in [-0.39, 0.29) is 48.7 Å². The van der Waals surface area contributed by atoms with Crippen molar-refractivity contribution in [1.29, 1.82) is 0 Å². The van der Waals surface area contributed by atoms with Gasteiger partial charge in [0.25, 0.3) is 0 Å². The van der Waals surface area contributed by atoms with Crippen molar-refractivity contribution in [3.8, 4) is 0 Å². The molecule has 0 N–H and O–H groups in total. The van der Waals surface area contributed by atoms with Gasteiger partial charge in [0.15, 0.2) is 0 Å². The zero-order chi connectivity index (χ0) is 5.41. The Labute approximate surface area is 79.2 Å². The summed E-state index contributed by atoms with van der Waals surface area (Å²) in [6, 6.07) is 0. The van der Waals surface area contributed by atoms with Crippen LogP contribution in [0.1, 0.15) is 0 Å². The number of nitrogens with zero attached hydrogens (tertiary/aromatic N) is 2. The van der Waals surface area contributed by atoms with Crippen molar-refractivity contribution in [3.05, 3.63) is 20.2 Å². The van der Waals surface area contributed by atoms with Crippen LogP contribution < -0.4 is 0 Å². The summed E-state index contributed by atoms with van der Waals surface area (Å²) in [6.45, 7) is 0. The summed E-state index contributed by atoms with van der Waals surface area (Å²) in [5, 5.41) is 18.0. The Morgan fingerprint density at radius 3 is 1.00 bits per heavy atom. The molecule has 0 aliphatic carbocycles. The first-order chi connectivity index (χ1) is 2.83. The van der Waals surface area contributed by atoms with Crippen LogP contribution in [-0.4, -0.2) is 48.7 Å². The Hall–Kier alpha value is 0.277. The molecule has 0 saturated carbocycles. The Bertz CT molecular complexity index is 35.0. The summed E-state index contributed by atoms with van der Waals surface area (Å²) in [4.78, 5) is 16.0. The normalized spacial score (nSPS) is 3.00. The standard InChI is InChI=1S/Ca.2HNO2.H4Si/c;2*2-1-3;/h;2*(H,2,3);1H4/q+2;;;/p-2. The molecule has 0 aliphatic rings. The van der Waals surface area contributed by atoms with Crippen LogP contribution in [0, 0.1) is 20.2 Å². The zero-order valence-electron chi connectivity index (χ0n) is 3.23. The second kappa shape index (κ2) is 55.3. The van der Waals surface area contributed by atoms with Crippen LogP contribution in [0.15, 0.2) is 10.7 Å². The van der Waals surface area contributed by atoms with Crippen molar-refractivity contribution in [2.75, 3.05) is 0 Å². The van der Waals surface area contributed by atoms with Gasteiger partial charge in [0, 0.05) is 0 Å². The van der Waals surface area contributed by atoms with Gasteiger partial charge < -0.3 is 20.2 Å². The van der Waals surface area contributed by atoms with Gasteiger partial charge in [0.1, 0.15) is 0 Å². The van der Waals surface area contributed by atoms with Gasteiger partial charge in [-0.2, -0.15) is 0 Å². The Balaban J connectivity index is -0.0000000160. The molecule has 0 aromatic rings. The van der Waals surface area contributed by atoms with Crippen LogP contribution in [0.4, 0.5) is 0 Å². The molecule has 8 heteroatoms. The molecule has 0 spiro atoms. The summed E-state index contributed by atoms with van der Waals surface area (Å²) >= 11 is 0. The van der Waals surface area contributed by atoms with Gasteiger partial charge in [-0.1, -0.05) is 0 Å². The maximum Gasteiger partial charge on any atom is 2.00 e. The largest absolute Gasteiger partial charge is 2.00 e. The van der Waals surface area contributed by atoms with Gasteiger partial charge in [-0.05, 0) is 11.0 Å². The van der Waals surface area contributed by atoms with E-state index in [0.29, 0.717) is 0 Å². The molecule has 0 unspecified atom stereocenters. The fourth-order valence-electron chi connectivity index (χ4n) is 0. The molecule has 0 saturated heterocycles. The summed E-state index contributed by atoms with van der Waals surface area (Å²) in [7, 11) is 0. The van der Waals surface area contributed by atoms with E-state index in [0.717, 1.165) is 10.7 Å². The van der Waals surface area contributed by atoms with Crippen molar-refractivity contribution in [3.63, 3.8) is 0 Å². The first-order valence-electron chi connectivity index (χ1n) is 0.730. The fourth-order valence-corrected chi connectivity index (χ4v) is 0. The first-order valence-corrected chi connectivity index (χ1v) is 0.730. The van der Waals surface area contributed by atoms with E-state index in [1.807, 2.05) is 0 Å². The minimum Gasteiger partial charge on any atom is -0.444 e. The predicted octanol–water partition coefficient (Wildman–Crippen LogP) is -1.33. The quantitative estimate of drug-likeness (QED) is 0.251. The van der Waals surface area contributed by atoms with Crippen LogP contribution in [-0.2, 0) is 0 Å². The molecule has 0 amide bonds. The molecule has 0 fully saturated rings. The Morgan fingerprint density at radius 2 is 1.00 bits per heavy atom. The maximum atomic E-state index is 8.00. The van der Waals surface area contributed by atoms with Crippen LogP contribution >= 0.6 is 0 Å². The monoisotopic (exact) mass is 164 g/mol. The average Bonchev–Trinajstić information content (AvgIpc) is 1.39. The molecular formula is H4CaN2O4Si. The van der Waals surface area contributed by atoms with Gasteiger partial charge in [-0.15, -0.1) is 10.7 Å². The summed E-state index contributed by atoms with van der Waals surface area (Å²) in [5.41, 5.74) is 0. The van der Waals surface area contributed by atoms with Crippen LogP contribution in [0.25, 0.3) is 0 Å². The summed E-state index contributed by atoms with van der Waals surface area (Å²) in [5.74, 6) is 0. The minimum absolute atomic E-state index is 0. The summed E-state index contributed by atoms with van der Waals surface area (Å²) in [6.07, 6.45) is 0. The van der Waals surface area contributed by atoms with Crippen molar-refractivity contribution in [1.82, 2.24) is 0 Å². The van der Waals surface area contributed by atoms with Gasteiger partial charge in [0.05, 0.1) is 0 Å². The molecule has 0 atom stereocenters. The predicted molar refractivity (Wildman–Crippen MR) is 35.4 cm³/mol. The van der Waals surface area contributed by atoms with E-state index in [1.54, 1.807) is 0 Å². The molecule has 0 radical (unpaired) electrons. The van der Waals surface area contributed by atoms with Crippen molar-refractivity contribution >= 4 is 48.7 Å². The summed E-state index contributed by atoms with van der Waals surface area (Å²) < 4.78 is 0. The SMILES string of the molecule is O=N[O-].O=N[O-].[Ca+2].[SiH4]. The van der Waals surface area contributed by atoms with E-state index in [2.05, 4.69) is 0 Å². The number of rotatable bonds is 0. The molecule has 8 heavy (non-hydrogen) atoms. The maximum absolute atomic E-state index is 8.00. The molecule has 44 valence electrons. The third-order valence-corrected chi connectivity index (χ3v) is 0. The topological polar surface area (TPSA) is 105 Å². The van der Waals surface area contributed by atoms with Gasteiger partial charge in [0.2, 0.25) is 0 Å². The van der Waals surface area contributed by atoms with E-state index >= 15 is 0 Å². The second-order valence-corrected chi connectivity index (χ2v) is 0.149. The van der Waals surface area contributed by atoms with E-state index in [1.165, 1.54) is 0 Å². The molecule has 0 aromatic carbocycles. The molecule has 0 aromatic heterocycles. The van der Waals surface area contributed by atoms with Gasteiger partial charge >= 0.3 is 37.7 Å². The zero-order valence-corrected chi connectivity index (χ0v) is 5.44. The Kier molecular flexibility index (Phi) is 166. The van der Waals surface area contributed by atoms with Gasteiger partial charge in [-0.25, -0.2) is 0 Å². The van der Waals surface area contributed by atoms with Crippen LogP contribution in [0.3, 0.4) is 0 Å². The van der Waals surface area contributed by atoms with Crippen molar-refractivity contribution in [2.24, 2.45) is 10.7 Å². The minimum atomic E-state index is 0. The Morgan fingerprint density at radius 1 is 1.00 bits per heavy atom. The smallest absolute Gasteiger partial charge is 0.444 e. The molecule has 0 bridgehead atoms. The number of hydrogen-bond acceptors (Lipinski definition) is 6. The molecule has 0 heterocycles. The van der Waals surface area contributed by atoms with Crippen LogP contribution in [0.5, 0.6) is 0 Å². The van der Waals surface area contributed by atoms with E-state index < -0.39 is 0 Å².